The Morgan fingerprint density at radius 3 is 2.43 bits per heavy atom. The summed E-state index contributed by atoms with van der Waals surface area (Å²) < 4.78 is 33.9. The Balaban J connectivity index is 2.75. The molecule has 0 fully saturated rings. The van der Waals surface area contributed by atoms with Gasteiger partial charge in [-0.2, -0.15) is 5.26 Å². The van der Waals surface area contributed by atoms with Crippen LogP contribution in [0.3, 0.4) is 0 Å². The van der Waals surface area contributed by atoms with Crippen LogP contribution in [0.1, 0.15) is 13.8 Å². The van der Waals surface area contributed by atoms with E-state index < -0.39 is 16.0 Å². The monoisotopic (exact) mass is 339 g/mol. The van der Waals surface area contributed by atoms with E-state index in [0.29, 0.717) is 12.4 Å². The standard InChI is InChI=1S/C14H17N3O5S/c1-3-21-12-5-7-13(8-6-12)23(19,20)17-16-10-11(9-15)14(18)22-4-2/h5-8,10,16-17H,3-4H2,1-2H3/b11-10+. The van der Waals surface area contributed by atoms with Crippen molar-refractivity contribution < 1.29 is 22.7 Å². The number of carbonyl (C=O) groups is 1. The number of hydrazine groups is 1. The van der Waals surface area contributed by atoms with Gasteiger partial charge in [-0.1, -0.05) is 0 Å². The van der Waals surface area contributed by atoms with Crippen molar-refractivity contribution >= 4 is 16.0 Å². The summed E-state index contributed by atoms with van der Waals surface area (Å²) in [7, 11) is -3.86. The molecule has 0 heterocycles. The van der Waals surface area contributed by atoms with E-state index in [-0.39, 0.29) is 17.1 Å². The van der Waals surface area contributed by atoms with Crippen LogP contribution in [-0.2, 0) is 19.6 Å². The maximum atomic E-state index is 12.0. The second-order valence-corrected chi connectivity index (χ2v) is 5.73. The molecule has 0 saturated carbocycles. The Kier molecular flexibility index (Phi) is 7.05. The molecule has 0 aliphatic carbocycles. The van der Waals surface area contributed by atoms with Crippen molar-refractivity contribution in [2.75, 3.05) is 13.2 Å². The van der Waals surface area contributed by atoms with Crippen LogP contribution in [-0.4, -0.2) is 27.6 Å². The van der Waals surface area contributed by atoms with Crippen molar-refractivity contribution in [2.45, 2.75) is 18.7 Å². The predicted molar refractivity (Wildman–Crippen MR) is 81.4 cm³/mol. The molecule has 1 aromatic rings. The van der Waals surface area contributed by atoms with E-state index in [1.807, 2.05) is 11.8 Å². The Labute approximate surface area is 134 Å². The first-order valence-electron chi connectivity index (χ1n) is 6.72. The van der Waals surface area contributed by atoms with Gasteiger partial charge in [0.1, 0.15) is 11.8 Å². The van der Waals surface area contributed by atoms with Crippen LogP contribution in [0, 0.1) is 11.3 Å². The lowest BCUT2D eigenvalue weighted by atomic mass is 10.3. The van der Waals surface area contributed by atoms with E-state index in [9.17, 15) is 13.2 Å². The molecule has 1 aromatic carbocycles. The van der Waals surface area contributed by atoms with Gasteiger partial charge in [-0.15, -0.1) is 4.83 Å². The van der Waals surface area contributed by atoms with E-state index in [2.05, 4.69) is 10.2 Å². The lowest BCUT2D eigenvalue weighted by molar-refractivity contribution is -0.138. The summed E-state index contributed by atoms with van der Waals surface area (Å²) in [5.41, 5.74) is 1.84. The van der Waals surface area contributed by atoms with Crippen molar-refractivity contribution in [3.05, 3.63) is 36.0 Å². The van der Waals surface area contributed by atoms with Crippen molar-refractivity contribution in [2.24, 2.45) is 0 Å². The predicted octanol–water partition coefficient (Wildman–Crippen LogP) is 0.839. The number of benzene rings is 1. The lowest BCUT2D eigenvalue weighted by Crippen LogP contribution is -2.34. The number of ether oxygens (including phenoxy) is 2. The molecule has 8 nitrogen and oxygen atoms in total. The maximum Gasteiger partial charge on any atom is 0.350 e. The minimum Gasteiger partial charge on any atom is -0.494 e. The third-order valence-corrected chi connectivity index (χ3v) is 3.75. The zero-order chi connectivity index (χ0) is 17.3. The van der Waals surface area contributed by atoms with Crippen molar-refractivity contribution in [3.63, 3.8) is 0 Å². The summed E-state index contributed by atoms with van der Waals surface area (Å²) in [5, 5.41) is 8.80. The van der Waals surface area contributed by atoms with Gasteiger partial charge in [-0.05, 0) is 38.1 Å². The summed E-state index contributed by atoms with van der Waals surface area (Å²) >= 11 is 0. The van der Waals surface area contributed by atoms with Gasteiger partial charge in [0.05, 0.1) is 18.1 Å². The highest BCUT2D eigenvalue weighted by atomic mass is 32.2. The molecule has 23 heavy (non-hydrogen) atoms. The highest BCUT2D eigenvalue weighted by Gasteiger charge is 2.14. The number of rotatable bonds is 8. The third-order valence-electron chi connectivity index (χ3n) is 2.47. The summed E-state index contributed by atoms with van der Waals surface area (Å²) in [6, 6.07) is 7.39. The number of carbonyl (C=O) groups excluding carboxylic acids is 1. The smallest absolute Gasteiger partial charge is 0.350 e. The van der Waals surface area contributed by atoms with Crippen LogP contribution >= 0.6 is 0 Å². The minimum absolute atomic E-state index is 0.00324. The number of nitrogens with zero attached hydrogens (tertiary/aromatic N) is 1. The first kappa shape index (κ1) is 18.5. The molecule has 9 heteroatoms. The molecule has 0 spiro atoms. The van der Waals surface area contributed by atoms with Crippen LogP contribution in [0.2, 0.25) is 0 Å². The molecule has 0 saturated heterocycles. The van der Waals surface area contributed by atoms with Crippen LogP contribution in [0.4, 0.5) is 0 Å². The molecule has 0 aliphatic rings. The molecule has 0 aliphatic heterocycles. The van der Waals surface area contributed by atoms with Gasteiger partial charge < -0.3 is 14.9 Å². The third kappa shape index (κ3) is 5.61. The fourth-order valence-corrected chi connectivity index (χ4v) is 2.29. The van der Waals surface area contributed by atoms with E-state index in [1.54, 1.807) is 13.0 Å². The zero-order valence-electron chi connectivity index (χ0n) is 12.7. The molecular weight excluding hydrogens is 322 g/mol. The van der Waals surface area contributed by atoms with Gasteiger partial charge in [0.25, 0.3) is 10.0 Å². The number of esters is 1. The molecule has 0 aromatic heterocycles. The maximum absolute atomic E-state index is 12.0. The summed E-state index contributed by atoms with van der Waals surface area (Å²) in [4.78, 5) is 13.4. The molecule has 2 N–H and O–H groups in total. The number of sulfonamides is 1. The highest BCUT2D eigenvalue weighted by Crippen LogP contribution is 2.15. The van der Waals surface area contributed by atoms with Gasteiger partial charge in [-0.25, -0.2) is 13.2 Å². The topological polar surface area (TPSA) is 118 Å². The zero-order valence-corrected chi connectivity index (χ0v) is 13.5. The van der Waals surface area contributed by atoms with Crippen molar-refractivity contribution in [1.29, 1.82) is 5.26 Å². The van der Waals surface area contributed by atoms with Gasteiger partial charge in [0.2, 0.25) is 0 Å². The molecule has 1 rings (SSSR count). The van der Waals surface area contributed by atoms with Crippen LogP contribution in [0.15, 0.2) is 40.9 Å². The molecule has 0 unspecified atom stereocenters. The summed E-state index contributed by atoms with van der Waals surface area (Å²) in [6.07, 6.45) is 0.921. The fraction of sp³-hybridized carbons (Fsp3) is 0.286. The van der Waals surface area contributed by atoms with Crippen LogP contribution < -0.4 is 15.0 Å². The van der Waals surface area contributed by atoms with E-state index in [0.717, 1.165) is 6.20 Å². The quantitative estimate of drug-likeness (QED) is 0.312. The molecule has 0 bridgehead atoms. The second kappa shape index (κ2) is 8.77. The minimum atomic E-state index is -3.86. The first-order chi connectivity index (χ1) is 10.9. The first-order valence-corrected chi connectivity index (χ1v) is 8.20. The van der Waals surface area contributed by atoms with Gasteiger partial charge in [0, 0.05) is 6.20 Å². The number of hydrogen-bond donors (Lipinski definition) is 2. The average molecular weight is 339 g/mol. The number of nitrogens with one attached hydrogen (secondary N) is 2. The Morgan fingerprint density at radius 1 is 1.26 bits per heavy atom. The van der Waals surface area contributed by atoms with Crippen molar-refractivity contribution in [1.82, 2.24) is 10.3 Å². The van der Waals surface area contributed by atoms with E-state index in [4.69, 9.17) is 10.00 Å². The second-order valence-electron chi connectivity index (χ2n) is 4.04. The summed E-state index contributed by atoms with van der Waals surface area (Å²) in [5.74, 6) is -0.295. The molecule has 124 valence electrons. The number of hydrogen-bond acceptors (Lipinski definition) is 7. The molecule has 0 radical (unpaired) electrons. The van der Waals surface area contributed by atoms with Crippen LogP contribution in [0.25, 0.3) is 0 Å². The van der Waals surface area contributed by atoms with E-state index in [1.165, 1.54) is 24.3 Å². The Morgan fingerprint density at radius 2 is 1.91 bits per heavy atom. The fourth-order valence-electron chi connectivity index (χ4n) is 1.47. The molecular formula is C14H17N3O5S. The van der Waals surface area contributed by atoms with E-state index >= 15 is 0 Å². The Bertz CT molecular complexity index is 705. The largest absolute Gasteiger partial charge is 0.494 e. The normalized spacial score (nSPS) is 11.4. The molecule has 0 atom stereocenters. The average Bonchev–Trinajstić information content (AvgIpc) is 2.52. The van der Waals surface area contributed by atoms with Crippen LogP contribution in [0.5, 0.6) is 5.75 Å². The Hall–Kier alpha value is -2.57. The van der Waals surface area contributed by atoms with Gasteiger partial charge in [0.15, 0.2) is 5.57 Å². The highest BCUT2D eigenvalue weighted by molar-refractivity contribution is 7.89. The van der Waals surface area contributed by atoms with Crippen molar-refractivity contribution in [3.8, 4) is 11.8 Å². The van der Waals surface area contributed by atoms with Gasteiger partial charge in [-0.3, -0.25) is 0 Å². The lowest BCUT2D eigenvalue weighted by Gasteiger charge is -2.08. The molecule has 0 amide bonds. The van der Waals surface area contributed by atoms with Gasteiger partial charge >= 0.3 is 5.97 Å². The SMILES string of the molecule is CCOC(=O)/C(C#N)=C/NNS(=O)(=O)c1ccc(OCC)cc1. The number of nitriles is 1. The summed E-state index contributed by atoms with van der Waals surface area (Å²) in [6.45, 7) is 3.99.